The Balaban J connectivity index is 2.06. The number of hydrogen-bond acceptors (Lipinski definition) is 2. The number of fused-ring (bicyclic) bond motifs is 1. The van der Waals surface area contributed by atoms with Crippen molar-refractivity contribution in [2.75, 3.05) is 18.1 Å². The second kappa shape index (κ2) is 8.50. The van der Waals surface area contributed by atoms with Crippen LogP contribution < -0.4 is 5.32 Å². The second-order valence-corrected chi connectivity index (χ2v) is 7.17. The summed E-state index contributed by atoms with van der Waals surface area (Å²) in [6.07, 6.45) is 4.72. The van der Waals surface area contributed by atoms with Crippen LogP contribution in [0, 0.1) is 0 Å². The number of aryl methyl sites for hydroxylation is 1. The van der Waals surface area contributed by atoms with E-state index in [9.17, 15) is 0 Å². The molecule has 0 radical (unpaired) electrons. The first-order valence-corrected chi connectivity index (χ1v) is 9.25. The predicted molar refractivity (Wildman–Crippen MR) is 96.4 cm³/mol. The second-order valence-electron chi connectivity index (χ2n) is 5.77. The lowest BCUT2D eigenvalue weighted by Gasteiger charge is -2.06. The third kappa shape index (κ3) is 4.79. The highest BCUT2D eigenvalue weighted by Gasteiger charge is 2.07. The number of nitrogens with zero attached hydrogens (tertiary/aromatic N) is 1. The van der Waals surface area contributed by atoms with Crippen molar-refractivity contribution in [3.63, 3.8) is 0 Å². The third-order valence-corrected chi connectivity index (χ3v) is 4.70. The average Bonchev–Trinajstić information content (AvgIpc) is 2.82. The van der Waals surface area contributed by atoms with Gasteiger partial charge in [0.05, 0.1) is 0 Å². The largest absolute Gasteiger partial charge is 0.347 e. The molecule has 0 spiro atoms. The Hall–Kier alpha value is -0.930. The van der Waals surface area contributed by atoms with Crippen LogP contribution >= 0.6 is 11.8 Å². The van der Waals surface area contributed by atoms with Gasteiger partial charge in [0.15, 0.2) is 0 Å². The normalized spacial score (nSPS) is 11.6. The summed E-state index contributed by atoms with van der Waals surface area (Å²) in [5, 5.41) is 4.94. The summed E-state index contributed by atoms with van der Waals surface area (Å²) in [4.78, 5) is 0. The minimum absolute atomic E-state index is 0.560. The van der Waals surface area contributed by atoms with Crippen molar-refractivity contribution in [3.8, 4) is 0 Å². The molecule has 0 atom stereocenters. The monoisotopic (exact) mass is 304 g/mol. The molecule has 1 aromatic heterocycles. The number of rotatable bonds is 9. The zero-order valence-corrected chi connectivity index (χ0v) is 14.4. The first kappa shape index (κ1) is 16.4. The van der Waals surface area contributed by atoms with E-state index < -0.39 is 0 Å². The molecule has 0 aliphatic rings. The van der Waals surface area contributed by atoms with Crippen molar-refractivity contribution < 1.29 is 0 Å². The zero-order valence-electron chi connectivity index (χ0n) is 13.6. The van der Waals surface area contributed by atoms with E-state index in [0.717, 1.165) is 19.5 Å². The molecule has 1 heterocycles. The van der Waals surface area contributed by atoms with E-state index in [0.29, 0.717) is 6.04 Å². The van der Waals surface area contributed by atoms with E-state index >= 15 is 0 Å². The van der Waals surface area contributed by atoms with Gasteiger partial charge in [-0.1, -0.05) is 39.0 Å². The van der Waals surface area contributed by atoms with Gasteiger partial charge in [-0.2, -0.15) is 11.8 Å². The van der Waals surface area contributed by atoms with E-state index in [1.807, 2.05) is 11.8 Å². The fourth-order valence-corrected chi connectivity index (χ4v) is 3.31. The topological polar surface area (TPSA) is 17.0 Å². The summed E-state index contributed by atoms with van der Waals surface area (Å²) >= 11 is 2.03. The number of thioether (sulfide) groups is 1. The van der Waals surface area contributed by atoms with Gasteiger partial charge in [0, 0.05) is 29.7 Å². The van der Waals surface area contributed by atoms with E-state index in [2.05, 4.69) is 61.1 Å². The Morgan fingerprint density at radius 2 is 2.05 bits per heavy atom. The van der Waals surface area contributed by atoms with Crippen molar-refractivity contribution in [2.24, 2.45) is 0 Å². The van der Waals surface area contributed by atoms with Crippen LogP contribution in [0.2, 0.25) is 0 Å². The molecule has 3 heteroatoms. The maximum absolute atomic E-state index is 3.52. The van der Waals surface area contributed by atoms with E-state index in [1.165, 1.54) is 34.4 Å². The lowest BCUT2D eigenvalue weighted by Crippen LogP contribution is -2.24. The molecule has 116 valence electrons. The minimum Gasteiger partial charge on any atom is -0.347 e. The molecule has 2 nitrogen and oxygen atoms in total. The van der Waals surface area contributed by atoms with E-state index in [-0.39, 0.29) is 0 Å². The Morgan fingerprint density at radius 1 is 1.24 bits per heavy atom. The summed E-state index contributed by atoms with van der Waals surface area (Å²) in [5.41, 5.74) is 2.86. The quantitative estimate of drug-likeness (QED) is 0.695. The molecule has 0 fully saturated rings. The summed E-state index contributed by atoms with van der Waals surface area (Å²) in [6.45, 7) is 8.82. The molecule has 1 aromatic carbocycles. The zero-order chi connectivity index (χ0) is 15.1. The summed E-state index contributed by atoms with van der Waals surface area (Å²) in [5.74, 6) is 2.48. The molecule has 0 unspecified atom stereocenters. The number of hydrogen-bond donors (Lipinski definition) is 1. The Morgan fingerprint density at radius 3 is 2.81 bits per heavy atom. The van der Waals surface area contributed by atoms with Gasteiger partial charge in [0.2, 0.25) is 0 Å². The van der Waals surface area contributed by atoms with E-state index in [4.69, 9.17) is 0 Å². The van der Waals surface area contributed by atoms with E-state index in [1.54, 1.807) is 0 Å². The Bertz CT molecular complexity index is 545. The molecule has 0 bridgehead atoms. The van der Waals surface area contributed by atoms with Crippen molar-refractivity contribution >= 4 is 22.7 Å². The van der Waals surface area contributed by atoms with Crippen LogP contribution in [0.25, 0.3) is 10.9 Å². The molecular formula is C18H28N2S. The van der Waals surface area contributed by atoms with Crippen molar-refractivity contribution in [1.82, 2.24) is 9.88 Å². The lowest BCUT2D eigenvalue weighted by atomic mass is 10.1. The summed E-state index contributed by atoms with van der Waals surface area (Å²) in [6, 6.07) is 9.37. The predicted octanol–water partition coefficient (Wildman–Crippen LogP) is 4.33. The minimum atomic E-state index is 0.560. The molecule has 0 saturated heterocycles. The molecule has 21 heavy (non-hydrogen) atoms. The molecule has 0 saturated carbocycles. The maximum atomic E-state index is 3.52. The molecule has 2 rings (SSSR count). The van der Waals surface area contributed by atoms with Crippen molar-refractivity contribution in [3.05, 3.63) is 36.0 Å². The number of nitrogens with one attached hydrogen (secondary N) is 1. The van der Waals surface area contributed by atoms with Crippen LogP contribution in [0.3, 0.4) is 0 Å². The number of benzene rings is 1. The SMILES string of the molecule is CCSCCCn1cc(CCNC(C)C)c2ccccc21. The fraction of sp³-hybridized carbons (Fsp3) is 0.556. The first-order chi connectivity index (χ1) is 10.2. The van der Waals surface area contributed by atoms with Crippen LogP contribution in [0.5, 0.6) is 0 Å². The van der Waals surface area contributed by atoms with Gasteiger partial charge < -0.3 is 9.88 Å². The average molecular weight is 305 g/mol. The lowest BCUT2D eigenvalue weighted by molar-refractivity contribution is 0.590. The van der Waals surface area contributed by atoms with Gasteiger partial charge in [-0.05, 0) is 42.5 Å². The van der Waals surface area contributed by atoms with Gasteiger partial charge in [0.1, 0.15) is 0 Å². The Labute approximate surface area is 133 Å². The van der Waals surface area contributed by atoms with Crippen molar-refractivity contribution in [2.45, 2.75) is 46.2 Å². The molecular weight excluding hydrogens is 276 g/mol. The standard InChI is InChI=1S/C18H28N2S/c1-4-21-13-7-12-20-14-16(10-11-19-15(2)3)17-8-5-6-9-18(17)20/h5-6,8-9,14-15,19H,4,7,10-13H2,1-3H3. The number of aromatic nitrogens is 1. The highest BCUT2D eigenvalue weighted by Crippen LogP contribution is 2.22. The highest BCUT2D eigenvalue weighted by atomic mass is 32.2. The van der Waals surface area contributed by atoms with Crippen LogP contribution in [0.15, 0.2) is 30.5 Å². The number of para-hydroxylation sites is 1. The van der Waals surface area contributed by atoms with Crippen LogP contribution in [0.1, 0.15) is 32.8 Å². The van der Waals surface area contributed by atoms with Crippen LogP contribution in [-0.2, 0) is 13.0 Å². The maximum Gasteiger partial charge on any atom is 0.0483 e. The van der Waals surface area contributed by atoms with Gasteiger partial charge in [-0.15, -0.1) is 0 Å². The summed E-state index contributed by atoms with van der Waals surface area (Å²) < 4.78 is 2.44. The molecule has 1 N–H and O–H groups in total. The van der Waals surface area contributed by atoms with Crippen molar-refractivity contribution in [1.29, 1.82) is 0 Å². The molecule has 2 aromatic rings. The molecule has 0 aliphatic carbocycles. The van der Waals surface area contributed by atoms with Crippen LogP contribution in [-0.4, -0.2) is 28.7 Å². The van der Waals surface area contributed by atoms with Gasteiger partial charge in [-0.25, -0.2) is 0 Å². The van der Waals surface area contributed by atoms with Gasteiger partial charge in [-0.3, -0.25) is 0 Å². The third-order valence-electron chi connectivity index (χ3n) is 3.71. The van der Waals surface area contributed by atoms with Crippen LogP contribution in [0.4, 0.5) is 0 Å². The smallest absolute Gasteiger partial charge is 0.0483 e. The first-order valence-electron chi connectivity index (χ1n) is 8.10. The highest BCUT2D eigenvalue weighted by molar-refractivity contribution is 7.99. The Kier molecular flexibility index (Phi) is 6.65. The summed E-state index contributed by atoms with van der Waals surface area (Å²) in [7, 11) is 0. The molecule has 0 aliphatic heterocycles. The fourth-order valence-electron chi connectivity index (χ4n) is 2.68. The van der Waals surface area contributed by atoms with Gasteiger partial charge >= 0.3 is 0 Å². The molecule has 0 amide bonds. The van der Waals surface area contributed by atoms with Gasteiger partial charge in [0.25, 0.3) is 0 Å².